The molecule has 0 heterocycles. The number of unbranched alkanes of at least 4 members (excludes halogenated alkanes) is 1. The third-order valence-corrected chi connectivity index (χ3v) is 11.0. The van der Waals surface area contributed by atoms with Crippen molar-refractivity contribution in [1.82, 2.24) is 42.5 Å². The first kappa shape index (κ1) is 70.0. The fourth-order valence-corrected chi connectivity index (χ4v) is 6.97. The summed E-state index contributed by atoms with van der Waals surface area (Å²) in [6.45, 7) is 3.35. The van der Waals surface area contributed by atoms with Gasteiger partial charge in [0, 0.05) is 19.5 Å². The topological polar surface area (TPSA) is 603 Å². The van der Waals surface area contributed by atoms with Crippen molar-refractivity contribution in [3.05, 3.63) is 0 Å². The maximum Gasteiger partial charge on any atom is 0.328 e. The first-order valence-corrected chi connectivity index (χ1v) is 24.6. The SMILES string of the molecule is CC(C)C[C@H](N)C(=O)N[C@@H](CCCCN)C(=O)N[C@@H](CCC(=O)O)C(=O)N[C@@H](CC(=O)O)C(=O)N[C@@H](CO)C(=O)N[C@@H](CCCN=C(N)N)C(=O)N[C@@H](CC(=O)O)C(=O)N[C@@H](CCCN=C(N)N)C(=O)N[C@H](C(=O)O)[C@@H](C)O. The van der Waals surface area contributed by atoms with E-state index < -0.39 is 170 Å². The summed E-state index contributed by atoms with van der Waals surface area (Å²) in [7, 11) is 0. The van der Waals surface area contributed by atoms with Gasteiger partial charge in [-0.05, 0) is 77.2 Å². The zero-order chi connectivity index (χ0) is 59.8. The highest BCUT2D eigenvalue weighted by molar-refractivity contribution is 5.99. The Hall–Kier alpha value is -7.98. The van der Waals surface area contributed by atoms with Crippen LogP contribution in [0.5, 0.6) is 0 Å². The highest BCUT2D eigenvalue weighted by Crippen LogP contribution is 2.10. The van der Waals surface area contributed by atoms with Crippen molar-refractivity contribution < 1.29 is 88.2 Å². The van der Waals surface area contributed by atoms with Gasteiger partial charge in [-0.1, -0.05) is 13.8 Å². The normalized spacial score (nSPS) is 14.8. The molecule has 0 spiro atoms. The molecule has 78 heavy (non-hydrogen) atoms. The molecule has 0 fully saturated rings. The van der Waals surface area contributed by atoms with Crippen molar-refractivity contribution in [2.24, 2.45) is 50.3 Å². The average molecular weight is 1120 g/mol. The lowest BCUT2D eigenvalue weighted by molar-refractivity contribution is -0.145. The molecule has 0 aromatic rings. The van der Waals surface area contributed by atoms with Gasteiger partial charge >= 0.3 is 23.9 Å². The van der Waals surface area contributed by atoms with Gasteiger partial charge in [0.05, 0.1) is 31.6 Å². The fourth-order valence-electron chi connectivity index (χ4n) is 6.97. The zero-order valence-corrected chi connectivity index (χ0v) is 43.6. The van der Waals surface area contributed by atoms with E-state index in [1.165, 1.54) is 0 Å². The minimum absolute atomic E-state index is 0.00356. The number of aliphatic carboxylic acids is 4. The summed E-state index contributed by atoms with van der Waals surface area (Å²) in [6, 6.07) is -15.7. The molecule has 0 saturated carbocycles. The quantitative estimate of drug-likeness (QED) is 0.0154. The number of guanidine groups is 2. The summed E-state index contributed by atoms with van der Waals surface area (Å²) >= 11 is 0. The average Bonchev–Trinajstić information content (AvgIpc) is 3.33. The standard InChI is InChI=1S/C44H78N16O18/c1-20(2)16-22(46)34(69)53-23(8-4-5-13-45)35(70)56-26(11-12-30(63)64)37(72)58-28(18-32(67)68)40(75)59-29(19-61)41(76)55-24(9-6-14-51-43(47)48)36(71)57-27(17-31(65)66)39(74)54-25(10-7-15-52-44(49)50)38(73)60-33(21(3)62)42(77)78/h20-29,33,61-62H,4-19,45-46H2,1-3H3,(H,53,69)(H,54,74)(H,55,76)(H,56,70)(H,57,71)(H,58,72)(H,59,75)(H,60,73)(H,63,64)(H,65,66)(H,67,68)(H,77,78)(H4,47,48,51)(H4,49,50,52)/t21-,22+,23+,24+,25+,26+,27+,28+,29+,33+/m1/s1. The summed E-state index contributed by atoms with van der Waals surface area (Å²) < 4.78 is 0. The Bertz CT molecular complexity index is 2120. The molecule has 442 valence electrons. The summed E-state index contributed by atoms with van der Waals surface area (Å²) in [5.74, 6) is -16.7. The van der Waals surface area contributed by atoms with Crippen molar-refractivity contribution in [3.8, 4) is 0 Å². The van der Waals surface area contributed by atoms with Crippen LogP contribution in [0.1, 0.15) is 97.8 Å². The molecule has 0 aliphatic rings. The maximum atomic E-state index is 13.9. The number of rotatable bonds is 40. The Morgan fingerprint density at radius 3 is 1.15 bits per heavy atom. The molecule has 0 radical (unpaired) electrons. The van der Waals surface area contributed by atoms with Crippen LogP contribution in [-0.4, -0.2) is 200 Å². The van der Waals surface area contributed by atoms with E-state index >= 15 is 0 Å². The van der Waals surface area contributed by atoms with Crippen LogP contribution in [0.15, 0.2) is 9.98 Å². The van der Waals surface area contributed by atoms with Crippen LogP contribution in [0.4, 0.5) is 0 Å². The Morgan fingerprint density at radius 2 is 0.808 bits per heavy atom. The number of carbonyl (C=O) groups is 12. The monoisotopic (exact) mass is 1120 g/mol. The molecule has 26 N–H and O–H groups in total. The summed E-state index contributed by atoms with van der Waals surface area (Å²) in [5.41, 5.74) is 33.0. The maximum absolute atomic E-state index is 13.9. The molecule has 0 rings (SSSR count). The molecular weight excluding hydrogens is 1040 g/mol. The predicted octanol–water partition coefficient (Wildman–Crippen LogP) is -8.25. The molecule has 0 aromatic carbocycles. The number of nitrogens with zero attached hydrogens (tertiary/aromatic N) is 2. The number of aliphatic hydroxyl groups excluding tert-OH is 2. The molecule has 0 aliphatic carbocycles. The van der Waals surface area contributed by atoms with E-state index in [1.807, 2.05) is 24.5 Å². The summed E-state index contributed by atoms with van der Waals surface area (Å²) in [6.07, 6.45) is -5.27. The molecule has 34 nitrogen and oxygen atoms in total. The number of aliphatic hydroxyl groups is 2. The van der Waals surface area contributed by atoms with E-state index in [-0.39, 0.29) is 69.6 Å². The van der Waals surface area contributed by atoms with Gasteiger partial charge in [0.2, 0.25) is 47.3 Å². The second kappa shape index (κ2) is 36.9. The number of nitrogens with two attached hydrogens (primary N) is 6. The lowest BCUT2D eigenvalue weighted by atomic mass is 10.0. The van der Waals surface area contributed by atoms with Gasteiger partial charge in [0.25, 0.3) is 0 Å². The van der Waals surface area contributed by atoms with Crippen LogP contribution in [0, 0.1) is 5.92 Å². The lowest BCUT2D eigenvalue weighted by Crippen LogP contribution is -2.61. The molecule has 0 saturated heterocycles. The zero-order valence-electron chi connectivity index (χ0n) is 43.6. The molecule has 8 amide bonds. The molecule has 0 aliphatic heterocycles. The highest BCUT2D eigenvalue weighted by atomic mass is 16.4. The first-order chi connectivity index (χ1) is 36.4. The van der Waals surface area contributed by atoms with Crippen molar-refractivity contribution in [1.29, 1.82) is 0 Å². The number of aliphatic imine (C=N–C) groups is 2. The van der Waals surface area contributed by atoms with E-state index in [0.717, 1.165) is 6.92 Å². The van der Waals surface area contributed by atoms with Crippen LogP contribution < -0.4 is 76.9 Å². The Morgan fingerprint density at radius 1 is 0.462 bits per heavy atom. The van der Waals surface area contributed by atoms with Gasteiger partial charge < -0.3 is 108 Å². The van der Waals surface area contributed by atoms with Crippen LogP contribution in [0.3, 0.4) is 0 Å². The van der Waals surface area contributed by atoms with Crippen molar-refractivity contribution in [2.75, 3.05) is 26.2 Å². The first-order valence-electron chi connectivity index (χ1n) is 24.6. The minimum atomic E-state index is -2.11. The van der Waals surface area contributed by atoms with E-state index in [1.54, 1.807) is 0 Å². The van der Waals surface area contributed by atoms with Gasteiger partial charge in [0.15, 0.2) is 18.0 Å². The van der Waals surface area contributed by atoms with E-state index in [4.69, 9.17) is 34.4 Å². The van der Waals surface area contributed by atoms with Gasteiger partial charge in [-0.3, -0.25) is 62.7 Å². The number of hydrogen-bond acceptors (Lipinski definition) is 18. The number of carbonyl (C=O) groups excluding carboxylic acids is 8. The second-order valence-electron chi connectivity index (χ2n) is 18.2. The number of carboxylic acids is 4. The second-order valence-corrected chi connectivity index (χ2v) is 18.2. The van der Waals surface area contributed by atoms with Gasteiger partial charge in [-0.15, -0.1) is 0 Å². The molecule has 10 atom stereocenters. The molecular formula is C44H78N16O18. The van der Waals surface area contributed by atoms with Gasteiger partial charge in [-0.2, -0.15) is 0 Å². The lowest BCUT2D eigenvalue weighted by Gasteiger charge is -2.27. The number of nitrogens with one attached hydrogen (secondary N) is 8. The molecule has 0 unspecified atom stereocenters. The largest absolute Gasteiger partial charge is 0.481 e. The molecule has 0 bridgehead atoms. The van der Waals surface area contributed by atoms with Crippen LogP contribution in [-0.2, 0) is 57.5 Å². The van der Waals surface area contributed by atoms with E-state index in [0.29, 0.717) is 12.8 Å². The summed E-state index contributed by atoms with van der Waals surface area (Å²) in [5, 5.41) is 76.1. The van der Waals surface area contributed by atoms with Gasteiger partial charge in [-0.25, -0.2) is 4.79 Å². The molecule has 0 aromatic heterocycles. The molecule has 34 heteroatoms. The third-order valence-electron chi connectivity index (χ3n) is 11.0. The number of carboxylic acid groups (broad SMARTS) is 4. The Kier molecular flexibility index (Phi) is 33.1. The summed E-state index contributed by atoms with van der Waals surface area (Å²) in [4.78, 5) is 163. The smallest absolute Gasteiger partial charge is 0.328 e. The van der Waals surface area contributed by atoms with Crippen LogP contribution in [0.2, 0.25) is 0 Å². The van der Waals surface area contributed by atoms with Crippen LogP contribution in [0.25, 0.3) is 0 Å². The predicted molar refractivity (Wildman–Crippen MR) is 273 cm³/mol. The van der Waals surface area contributed by atoms with Crippen molar-refractivity contribution >= 4 is 83.1 Å². The highest BCUT2D eigenvalue weighted by Gasteiger charge is 2.36. The van der Waals surface area contributed by atoms with Crippen molar-refractivity contribution in [2.45, 2.75) is 158 Å². The number of hydrogen-bond donors (Lipinski definition) is 20. The van der Waals surface area contributed by atoms with Gasteiger partial charge in [0.1, 0.15) is 42.3 Å². The minimum Gasteiger partial charge on any atom is -0.481 e. The van der Waals surface area contributed by atoms with E-state index in [9.17, 15) is 88.2 Å². The Balaban J connectivity index is 6.82. The third kappa shape index (κ3) is 29.4. The Labute approximate surface area is 447 Å². The van der Waals surface area contributed by atoms with E-state index in [2.05, 4.69) is 41.9 Å². The fraction of sp³-hybridized carbons (Fsp3) is 0.682. The van der Waals surface area contributed by atoms with Crippen molar-refractivity contribution in [3.63, 3.8) is 0 Å². The number of amides is 8. The van der Waals surface area contributed by atoms with Crippen LogP contribution >= 0.6 is 0 Å².